The minimum atomic E-state index is 0.0551. The third-order valence-corrected chi connectivity index (χ3v) is 6.08. The van der Waals surface area contributed by atoms with Crippen LogP contribution in [0.25, 0.3) is 0 Å². The van der Waals surface area contributed by atoms with Crippen LogP contribution in [0, 0.1) is 17.2 Å². The van der Waals surface area contributed by atoms with Crippen LogP contribution in [0.1, 0.15) is 53.6 Å². The monoisotopic (exact) mass is 280 g/mol. The molecule has 3 aliphatic rings. The lowest BCUT2D eigenvalue weighted by Gasteiger charge is -2.57. The van der Waals surface area contributed by atoms with E-state index in [1.807, 2.05) is 12.1 Å². The predicted octanol–water partition coefficient (Wildman–Crippen LogP) is 2.89. The maximum absolute atomic E-state index is 13.0. The number of carbonyl (C=O) groups is 1. The Morgan fingerprint density at radius 3 is 3.00 bits per heavy atom. The fourth-order valence-electron chi connectivity index (χ4n) is 5.11. The average molecular weight is 280 g/mol. The highest BCUT2D eigenvalue weighted by Gasteiger charge is 2.56. The van der Waals surface area contributed by atoms with Crippen LogP contribution >= 0.6 is 0 Å². The Kier molecular flexibility index (Phi) is 2.74. The van der Waals surface area contributed by atoms with Crippen LogP contribution in [0.3, 0.4) is 0 Å². The Labute approximate surface area is 125 Å². The van der Waals surface area contributed by atoms with Crippen LogP contribution in [0.2, 0.25) is 0 Å². The van der Waals surface area contributed by atoms with Gasteiger partial charge >= 0.3 is 0 Å². The Morgan fingerprint density at radius 1 is 1.33 bits per heavy atom. The average Bonchev–Trinajstić information content (AvgIpc) is 2.53. The molecular formula is C18H20N2O. The van der Waals surface area contributed by atoms with Crippen LogP contribution in [0.15, 0.2) is 18.2 Å². The fourth-order valence-corrected chi connectivity index (χ4v) is 5.11. The highest BCUT2D eigenvalue weighted by atomic mass is 16.1. The summed E-state index contributed by atoms with van der Waals surface area (Å²) in [6.07, 6.45) is 5.93. The Bertz CT molecular complexity index is 660. The molecule has 1 saturated heterocycles. The topological polar surface area (TPSA) is 44.1 Å². The van der Waals surface area contributed by atoms with Gasteiger partial charge in [-0.3, -0.25) is 9.69 Å². The maximum Gasteiger partial charge on any atom is 0.180 e. The van der Waals surface area contributed by atoms with E-state index < -0.39 is 0 Å². The molecule has 2 aliphatic carbocycles. The Hall–Kier alpha value is -1.66. The summed E-state index contributed by atoms with van der Waals surface area (Å²) in [6, 6.07) is 8.00. The molecule has 0 amide bonds. The van der Waals surface area contributed by atoms with Crippen molar-refractivity contribution in [2.24, 2.45) is 5.92 Å². The van der Waals surface area contributed by atoms with Crippen molar-refractivity contribution < 1.29 is 4.79 Å². The molecule has 0 spiro atoms. The molecule has 0 radical (unpaired) electrons. The number of hydrogen-bond acceptors (Lipinski definition) is 3. The van der Waals surface area contributed by atoms with E-state index in [9.17, 15) is 10.1 Å². The van der Waals surface area contributed by atoms with Crippen LogP contribution in [-0.4, -0.2) is 30.3 Å². The first kappa shape index (κ1) is 13.0. The molecule has 108 valence electrons. The molecule has 1 aromatic rings. The lowest BCUT2D eigenvalue weighted by Crippen LogP contribution is -2.62. The van der Waals surface area contributed by atoms with Crippen molar-refractivity contribution in [2.45, 2.75) is 43.6 Å². The maximum atomic E-state index is 13.0. The second-order valence-corrected chi connectivity index (χ2v) is 6.92. The van der Waals surface area contributed by atoms with E-state index in [-0.39, 0.29) is 17.2 Å². The van der Waals surface area contributed by atoms with Gasteiger partial charge in [0.1, 0.15) is 0 Å². The first-order chi connectivity index (χ1) is 10.2. The molecule has 0 N–H and O–H groups in total. The summed E-state index contributed by atoms with van der Waals surface area (Å²) in [6.45, 7) is 0.989. The smallest absolute Gasteiger partial charge is 0.180 e. The van der Waals surface area contributed by atoms with Gasteiger partial charge in [0.05, 0.1) is 17.7 Å². The number of hydrogen-bond donors (Lipinski definition) is 0. The number of Topliss-reactive ketones (excluding diaryl/α,β-unsaturated/α-hetero) is 1. The highest BCUT2D eigenvalue weighted by Crippen LogP contribution is 2.55. The highest BCUT2D eigenvalue weighted by molar-refractivity contribution is 6.03. The van der Waals surface area contributed by atoms with Crippen LogP contribution in [-0.2, 0) is 5.41 Å². The first-order valence-corrected chi connectivity index (χ1v) is 7.96. The van der Waals surface area contributed by atoms with E-state index in [1.165, 1.54) is 24.8 Å². The number of rotatable bonds is 0. The van der Waals surface area contributed by atoms with Gasteiger partial charge in [0.25, 0.3) is 0 Å². The van der Waals surface area contributed by atoms with Gasteiger partial charge in [-0.2, -0.15) is 5.26 Å². The van der Waals surface area contributed by atoms with Gasteiger partial charge in [-0.1, -0.05) is 12.8 Å². The summed E-state index contributed by atoms with van der Waals surface area (Å²) in [5.41, 5.74) is 2.90. The third kappa shape index (κ3) is 1.60. The second kappa shape index (κ2) is 4.42. The van der Waals surface area contributed by atoms with Crippen molar-refractivity contribution in [3.05, 3.63) is 34.9 Å². The second-order valence-electron chi connectivity index (χ2n) is 6.92. The molecule has 3 heteroatoms. The summed E-state index contributed by atoms with van der Waals surface area (Å²) >= 11 is 0. The molecule has 21 heavy (non-hydrogen) atoms. The molecule has 0 unspecified atom stereocenters. The molecule has 0 aromatic heterocycles. The lowest BCUT2D eigenvalue weighted by molar-refractivity contribution is 0.00843. The molecule has 2 bridgehead atoms. The number of carbonyl (C=O) groups excluding carboxylic acids is 1. The number of nitrogens with zero attached hydrogens (tertiary/aromatic N) is 2. The lowest BCUT2D eigenvalue weighted by atomic mass is 9.52. The van der Waals surface area contributed by atoms with Crippen molar-refractivity contribution >= 4 is 5.78 Å². The van der Waals surface area contributed by atoms with Crippen molar-refractivity contribution in [3.8, 4) is 6.07 Å². The van der Waals surface area contributed by atoms with E-state index in [2.05, 4.69) is 18.0 Å². The quantitative estimate of drug-likeness (QED) is 0.734. The van der Waals surface area contributed by atoms with Crippen LogP contribution < -0.4 is 0 Å². The van der Waals surface area contributed by atoms with Crippen molar-refractivity contribution in [3.63, 3.8) is 0 Å². The molecule has 3 atom stereocenters. The fraction of sp³-hybridized carbons (Fsp3) is 0.556. The molecular weight excluding hydrogens is 260 g/mol. The van der Waals surface area contributed by atoms with Gasteiger partial charge in [-0.15, -0.1) is 0 Å². The van der Waals surface area contributed by atoms with Crippen molar-refractivity contribution in [1.29, 1.82) is 5.26 Å². The van der Waals surface area contributed by atoms with Crippen LogP contribution in [0.4, 0.5) is 0 Å². The number of likely N-dealkylation sites (N-methyl/N-ethyl adjacent to an activating group) is 1. The van der Waals surface area contributed by atoms with E-state index >= 15 is 0 Å². The molecule has 3 nitrogen and oxygen atoms in total. The van der Waals surface area contributed by atoms with Gasteiger partial charge in [0, 0.05) is 11.0 Å². The van der Waals surface area contributed by atoms with Gasteiger partial charge in [0.2, 0.25) is 0 Å². The van der Waals surface area contributed by atoms with Crippen molar-refractivity contribution in [2.75, 3.05) is 13.6 Å². The van der Waals surface area contributed by atoms with E-state index in [1.54, 1.807) is 6.07 Å². The largest absolute Gasteiger partial charge is 0.296 e. The summed E-state index contributed by atoms with van der Waals surface area (Å²) in [5.74, 6) is 0.721. The zero-order valence-electron chi connectivity index (χ0n) is 12.4. The molecule has 1 heterocycles. The summed E-state index contributed by atoms with van der Waals surface area (Å²) in [7, 11) is 2.09. The summed E-state index contributed by atoms with van der Waals surface area (Å²) in [4.78, 5) is 15.2. The van der Waals surface area contributed by atoms with Gasteiger partial charge in [0.15, 0.2) is 5.78 Å². The number of fused-ring (bicyclic) bond motifs is 1. The van der Waals surface area contributed by atoms with Crippen molar-refractivity contribution in [1.82, 2.24) is 4.90 Å². The summed E-state index contributed by atoms with van der Waals surface area (Å²) < 4.78 is 0. The van der Waals surface area contributed by atoms with E-state index in [4.69, 9.17) is 0 Å². The minimum absolute atomic E-state index is 0.0551. The standard InChI is InChI=1S/C18H20N2O/c1-20-9-8-18-7-3-2-4-14(18)16(20)17(21)13-6-5-12(11-19)10-15(13)18/h5-6,10,14,16H,2-4,7-9H2,1H3/t14-,16-,18+/m0/s1. The van der Waals surface area contributed by atoms with Crippen LogP contribution in [0.5, 0.6) is 0 Å². The normalized spacial score (nSPS) is 34.8. The van der Waals surface area contributed by atoms with E-state index in [0.717, 1.165) is 24.9 Å². The number of nitriles is 1. The first-order valence-electron chi connectivity index (χ1n) is 7.96. The number of piperidine rings is 1. The zero-order valence-corrected chi connectivity index (χ0v) is 12.4. The molecule has 4 rings (SSSR count). The van der Waals surface area contributed by atoms with Gasteiger partial charge < -0.3 is 0 Å². The SMILES string of the molecule is CN1CC[C@]23CCCC[C@H]2[C@H]1C(=O)c1ccc(C#N)cc13. The molecule has 2 fully saturated rings. The summed E-state index contributed by atoms with van der Waals surface area (Å²) in [5, 5.41) is 9.22. The third-order valence-electron chi connectivity index (χ3n) is 6.08. The Morgan fingerprint density at radius 2 is 2.19 bits per heavy atom. The van der Waals surface area contributed by atoms with Gasteiger partial charge in [-0.25, -0.2) is 0 Å². The zero-order chi connectivity index (χ0) is 14.6. The number of benzene rings is 1. The Balaban J connectivity index is 1.97. The molecule has 1 aliphatic heterocycles. The predicted molar refractivity (Wildman–Crippen MR) is 80.2 cm³/mol. The minimum Gasteiger partial charge on any atom is -0.296 e. The number of ketones is 1. The van der Waals surface area contributed by atoms with E-state index in [0.29, 0.717) is 11.5 Å². The molecule has 1 aromatic carbocycles. The molecule has 1 saturated carbocycles. The van der Waals surface area contributed by atoms with Gasteiger partial charge in [-0.05, 0) is 62.5 Å². The number of likely N-dealkylation sites (tertiary alicyclic amines) is 1.